The molecule has 172 valence electrons. The van der Waals surface area contributed by atoms with E-state index in [-0.39, 0.29) is 18.2 Å². The molecule has 2 saturated heterocycles. The predicted octanol–water partition coefficient (Wildman–Crippen LogP) is 1.53. The lowest BCUT2D eigenvalue weighted by molar-refractivity contribution is -0.163. The number of hydrogen-bond acceptors (Lipinski definition) is 7. The maximum absolute atomic E-state index is 13.1. The Labute approximate surface area is 187 Å². The van der Waals surface area contributed by atoms with Crippen molar-refractivity contribution in [1.29, 1.82) is 0 Å². The molecule has 8 nitrogen and oxygen atoms in total. The van der Waals surface area contributed by atoms with Crippen molar-refractivity contribution in [3.8, 4) is 11.5 Å². The molecule has 6 rings (SSSR count). The first-order valence-corrected chi connectivity index (χ1v) is 11.6. The van der Waals surface area contributed by atoms with E-state index in [2.05, 4.69) is 18.0 Å². The van der Waals surface area contributed by atoms with Crippen LogP contribution in [0, 0.1) is 0 Å². The van der Waals surface area contributed by atoms with E-state index in [1.165, 1.54) is 5.56 Å². The maximum atomic E-state index is 13.1. The number of benzene rings is 1. The summed E-state index contributed by atoms with van der Waals surface area (Å²) in [6.07, 6.45) is 4.65. The monoisotopic (exact) mass is 441 g/mol. The van der Waals surface area contributed by atoms with Gasteiger partial charge in [-0.05, 0) is 57.0 Å². The summed E-state index contributed by atoms with van der Waals surface area (Å²) in [6.45, 7) is 1.92. The molecule has 1 amide bonds. The van der Waals surface area contributed by atoms with E-state index >= 15 is 0 Å². The number of methoxy groups -OCH3 is 1. The van der Waals surface area contributed by atoms with Gasteiger partial charge in [0.15, 0.2) is 17.6 Å². The summed E-state index contributed by atoms with van der Waals surface area (Å²) < 4.78 is 18.2. The second-order valence-corrected chi connectivity index (χ2v) is 9.88. The van der Waals surface area contributed by atoms with Gasteiger partial charge in [0, 0.05) is 37.2 Å². The number of likely N-dealkylation sites (N-methyl/N-ethyl adjacent to an activating group) is 1. The maximum Gasteiger partial charge on any atom is 0.415 e. The Morgan fingerprint density at radius 3 is 3.00 bits per heavy atom. The number of aliphatic hydroxyl groups is 1. The number of nitrogens with two attached hydrogens (primary N) is 1. The van der Waals surface area contributed by atoms with Gasteiger partial charge in [-0.25, -0.2) is 4.79 Å². The van der Waals surface area contributed by atoms with Crippen LogP contribution in [0.25, 0.3) is 0 Å². The summed E-state index contributed by atoms with van der Waals surface area (Å²) in [7, 11) is 3.71. The third-order valence-corrected chi connectivity index (χ3v) is 8.65. The van der Waals surface area contributed by atoms with E-state index in [9.17, 15) is 9.90 Å². The molecule has 3 heterocycles. The predicted molar refractivity (Wildman–Crippen MR) is 117 cm³/mol. The van der Waals surface area contributed by atoms with Crippen LogP contribution in [0.5, 0.6) is 11.5 Å². The highest BCUT2D eigenvalue weighted by Gasteiger charge is 2.72. The number of likely N-dealkylation sites (tertiary alicyclic amines) is 2. The van der Waals surface area contributed by atoms with Gasteiger partial charge in [-0.3, -0.25) is 0 Å². The summed E-state index contributed by atoms with van der Waals surface area (Å²) in [4.78, 5) is 17.1. The van der Waals surface area contributed by atoms with Crippen LogP contribution in [-0.4, -0.2) is 78.6 Å². The number of amides is 1. The topological polar surface area (TPSA) is 97.5 Å². The van der Waals surface area contributed by atoms with E-state index in [4.69, 9.17) is 19.9 Å². The van der Waals surface area contributed by atoms with Crippen LogP contribution in [0.1, 0.15) is 36.8 Å². The van der Waals surface area contributed by atoms with E-state index in [0.29, 0.717) is 36.8 Å². The van der Waals surface area contributed by atoms with E-state index in [1.54, 1.807) is 12.0 Å². The number of carbonyl (C=O) groups excluding carboxylic acids is 1. The molecule has 2 aliphatic carbocycles. The van der Waals surface area contributed by atoms with Crippen molar-refractivity contribution in [3.63, 3.8) is 0 Å². The lowest BCUT2D eigenvalue weighted by Crippen LogP contribution is -2.74. The molecule has 2 fully saturated rings. The average molecular weight is 442 g/mol. The first-order valence-electron chi connectivity index (χ1n) is 11.6. The van der Waals surface area contributed by atoms with Crippen molar-refractivity contribution in [2.24, 2.45) is 5.73 Å². The molecular weight excluding hydrogens is 410 g/mol. The Balaban J connectivity index is 1.44. The molecule has 0 saturated carbocycles. The zero-order valence-electron chi connectivity index (χ0n) is 18.7. The van der Waals surface area contributed by atoms with Crippen LogP contribution in [0.15, 0.2) is 24.0 Å². The average Bonchev–Trinajstić information content (AvgIpc) is 3.40. The highest BCUT2D eigenvalue weighted by Crippen LogP contribution is 2.65. The van der Waals surface area contributed by atoms with Gasteiger partial charge >= 0.3 is 6.09 Å². The van der Waals surface area contributed by atoms with Crippen LogP contribution in [0.2, 0.25) is 0 Å². The Kier molecular flexibility index (Phi) is 4.35. The molecule has 3 N–H and O–H groups in total. The van der Waals surface area contributed by atoms with Crippen LogP contribution < -0.4 is 15.2 Å². The summed E-state index contributed by atoms with van der Waals surface area (Å²) >= 11 is 0. The third-order valence-electron chi connectivity index (χ3n) is 8.65. The van der Waals surface area contributed by atoms with Crippen molar-refractivity contribution < 1.29 is 24.1 Å². The first kappa shape index (κ1) is 20.3. The summed E-state index contributed by atoms with van der Waals surface area (Å²) in [5.74, 6) is 1.83. The molecule has 3 aliphatic heterocycles. The fourth-order valence-electron chi connectivity index (χ4n) is 7.07. The number of ether oxygens (including phenoxy) is 3. The zero-order chi connectivity index (χ0) is 22.3. The van der Waals surface area contributed by atoms with Gasteiger partial charge in [0.1, 0.15) is 5.76 Å². The number of piperidine rings is 1. The summed E-state index contributed by atoms with van der Waals surface area (Å²) in [5.41, 5.74) is 6.42. The van der Waals surface area contributed by atoms with Gasteiger partial charge in [0.25, 0.3) is 0 Å². The van der Waals surface area contributed by atoms with Crippen molar-refractivity contribution in [1.82, 2.24) is 9.80 Å². The van der Waals surface area contributed by atoms with Crippen molar-refractivity contribution in [2.75, 3.05) is 33.8 Å². The minimum atomic E-state index is -1.00. The normalized spacial score (nSPS) is 36.9. The van der Waals surface area contributed by atoms with E-state index in [1.807, 2.05) is 12.1 Å². The number of nitrogens with zero attached hydrogens (tertiary/aromatic N) is 2. The van der Waals surface area contributed by atoms with Crippen LogP contribution in [-0.2, 0) is 16.6 Å². The molecule has 8 heteroatoms. The van der Waals surface area contributed by atoms with Crippen molar-refractivity contribution >= 4 is 6.09 Å². The van der Waals surface area contributed by atoms with Gasteiger partial charge in [0.2, 0.25) is 0 Å². The standard InChI is InChI=1S/C24H31N3O5/c1-26-11-9-23-19-14-5-6-16(30-2)20(19)32-21(23)17(7-8-24(23,29)18(26)12-14)31-22(28)27-10-3-4-15(27)13-25/h5-7,15,18,21,29H,3-4,8-13,25H2,1-2H3/t15?,18?,21-,23-,24+/m0/s1. The van der Waals surface area contributed by atoms with Gasteiger partial charge in [0.05, 0.1) is 18.1 Å². The highest BCUT2D eigenvalue weighted by atomic mass is 16.6. The molecule has 0 radical (unpaired) electrons. The van der Waals surface area contributed by atoms with Crippen LogP contribution >= 0.6 is 0 Å². The Morgan fingerprint density at radius 2 is 2.22 bits per heavy atom. The minimum Gasteiger partial charge on any atom is -0.493 e. The van der Waals surface area contributed by atoms with Crippen LogP contribution in [0.3, 0.4) is 0 Å². The molecule has 1 aromatic rings. The lowest BCUT2D eigenvalue weighted by Gasteiger charge is -2.61. The number of carbonyl (C=O) groups is 1. The lowest BCUT2D eigenvalue weighted by atomic mass is 9.50. The molecule has 0 aromatic heterocycles. The highest BCUT2D eigenvalue weighted by molar-refractivity contribution is 5.71. The number of rotatable bonds is 3. The molecule has 2 bridgehead atoms. The summed E-state index contributed by atoms with van der Waals surface area (Å²) in [5, 5.41) is 12.2. The summed E-state index contributed by atoms with van der Waals surface area (Å²) in [6, 6.07) is 4.02. The Hall–Kier alpha value is -2.29. The number of hydrogen-bond donors (Lipinski definition) is 2. The largest absolute Gasteiger partial charge is 0.493 e. The second-order valence-electron chi connectivity index (χ2n) is 9.88. The van der Waals surface area contributed by atoms with E-state index in [0.717, 1.165) is 37.8 Å². The SMILES string of the molecule is COc1ccc2c3c1O[C@H]1C(OC(=O)N4CCCC4CN)=CC[C@@]4(O)C(C2)N(C)CC[C@]314. The third kappa shape index (κ3) is 2.35. The smallest absolute Gasteiger partial charge is 0.415 e. The fraction of sp³-hybridized carbons (Fsp3) is 0.625. The molecule has 1 spiro atoms. The zero-order valence-corrected chi connectivity index (χ0v) is 18.7. The van der Waals surface area contributed by atoms with Crippen LogP contribution in [0.4, 0.5) is 4.79 Å². The second kappa shape index (κ2) is 6.85. The van der Waals surface area contributed by atoms with Gasteiger partial charge < -0.3 is 34.9 Å². The molecule has 5 aliphatic rings. The Bertz CT molecular complexity index is 1010. The Morgan fingerprint density at radius 1 is 1.38 bits per heavy atom. The first-order chi connectivity index (χ1) is 15.4. The van der Waals surface area contributed by atoms with Crippen molar-refractivity contribution in [2.45, 2.75) is 61.3 Å². The minimum absolute atomic E-state index is 0.0116. The van der Waals surface area contributed by atoms with Crippen molar-refractivity contribution in [3.05, 3.63) is 35.1 Å². The quantitative estimate of drug-likeness (QED) is 0.734. The van der Waals surface area contributed by atoms with Gasteiger partial charge in [-0.1, -0.05) is 6.07 Å². The van der Waals surface area contributed by atoms with Gasteiger partial charge in [-0.2, -0.15) is 0 Å². The molecule has 1 aromatic carbocycles. The molecule has 5 atom stereocenters. The van der Waals surface area contributed by atoms with Gasteiger partial charge in [-0.15, -0.1) is 0 Å². The molecule has 32 heavy (non-hydrogen) atoms. The molecular formula is C24H31N3O5. The van der Waals surface area contributed by atoms with E-state index < -0.39 is 17.1 Å². The fourth-order valence-corrected chi connectivity index (χ4v) is 7.07. The molecule has 2 unspecified atom stereocenters.